The second-order valence-electron chi connectivity index (χ2n) is 4.92. The summed E-state index contributed by atoms with van der Waals surface area (Å²) in [5, 5.41) is 3.00. The second-order valence-corrected chi connectivity index (χ2v) is 4.92. The number of pyridine rings is 1. The fraction of sp³-hybridized carbons (Fsp3) is 0.294. The molecule has 2 aromatic rings. The largest absolute Gasteiger partial charge is 0.497 e. The highest BCUT2D eigenvalue weighted by Gasteiger charge is 2.09. The first kappa shape index (κ1) is 15.0. The van der Waals surface area contributed by atoms with Gasteiger partial charge >= 0.3 is 0 Å². The van der Waals surface area contributed by atoms with Gasteiger partial charge in [0.2, 0.25) is 5.91 Å². The average molecular weight is 284 g/mol. The third-order valence-corrected chi connectivity index (χ3v) is 3.38. The molecule has 4 nitrogen and oxygen atoms in total. The number of carbonyl (C=O) groups excluding carboxylic acids is 1. The quantitative estimate of drug-likeness (QED) is 0.887. The monoisotopic (exact) mass is 284 g/mol. The molecule has 2 rings (SSSR count). The van der Waals surface area contributed by atoms with E-state index < -0.39 is 0 Å². The van der Waals surface area contributed by atoms with Crippen LogP contribution in [0.4, 0.5) is 0 Å². The van der Waals surface area contributed by atoms with Crippen LogP contribution in [0.25, 0.3) is 0 Å². The van der Waals surface area contributed by atoms with Crippen LogP contribution in [0.2, 0.25) is 0 Å². The van der Waals surface area contributed by atoms with E-state index in [0.29, 0.717) is 6.42 Å². The Morgan fingerprint density at radius 3 is 2.48 bits per heavy atom. The summed E-state index contributed by atoms with van der Waals surface area (Å²) in [5.41, 5.74) is 2.19. The van der Waals surface area contributed by atoms with Crippen molar-refractivity contribution in [2.45, 2.75) is 25.8 Å². The van der Waals surface area contributed by atoms with E-state index in [0.717, 1.165) is 23.3 Å². The zero-order chi connectivity index (χ0) is 15.1. The SMILES string of the molecule is COc1ccc(CCC(=O)N[C@@H](C)c2ccncc2)cc1. The molecule has 21 heavy (non-hydrogen) atoms. The molecule has 0 aliphatic heterocycles. The van der Waals surface area contributed by atoms with Crippen molar-refractivity contribution in [3.63, 3.8) is 0 Å². The molecule has 1 atom stereocenters. The van der Waals surface area contributed by atoms with Crippen molar-refractivity contribution in [3.8, 4) is 5.75 Å². The third-order valence-electron chi connectivity index (χ3n) is 3.38. The number of rotatable bonds is 6. The predicted molar refractivity (Wildman–Crippen MR) is 82.1 cm³/mol. The Hall–Kier alpha value is -2.36. The topological polar surface area (TPSA) is 51.2 Å². The number of carbonyl (C=O) groups is 1. The molecule has 0 radical (unpaired) electrons. The molecule has 0 saturated heterocycles. The normalized spacial score (nSPS) is 11.7. The van der Waals surface area contributed by atoms with Crippen LogP contribution in [-0.4, -0.2) is 18.0 Å². The minimum Gasteiger partial charge on any atom is -0.497 e. The number of hydrogen-bond donors (Lipinski definition) is 1. The van der Waals surface area contributed by atoms with Gasteiger partial charge in [-0.05, 0) is 48.7 Å². The van der Waals surface area contributed by atoms with Crippen LogP contribution in [0, 0.1) is 0 Å². The lowest BCUT2D eigenvalue weighted by molar-refractivity contribution is -0.121. The lowest BCUT2D eigenvalue weighted by Gasteiger charge is -2.14. The number of aryl methyl sites for hydroxylation is 1. The maximum Gasteiger partial charge on any atom is 0.220 e. The summed E-state index contributed by atoms with van der Waals surface area (Å²) < 4.78 is 5.11. The van der Waals surface area contributed by atoms with E-state index in [9.17, 15) is 4.79 Å². The summed E-state index contributed by atoms with van der Waals surface area (Å²) in [7, 11) is 1.64. The van der Waals surface area contributed by atoms with E-state index in [1.807, 2.05) is 43.3 Å². The van der Waals surface area contributed by atoms with E-state index in [-0.39, 0.29) is 11.9 Å². The van der Waals surface area contributed by atoms with Gasteiger partial charge in [0.15, 0.2) is 0 Å². The first-order valence-corrected chi connectivity index (χ1v) is 7.01. The molecular weight excluding hydrogens is 264 g/mol. The van der Waals surface area contributed by atoms with E-state index in [2.05, 4.69) is 10.3 Å². The van der Waals surface area contributed by atoms with Gasteiger partial charge in [-0.2, -0.15) is 0 Å². The fourth-order valence-electron chi connectivity index (χ4n) is 2.10. The highest BCUT2D eigenvalue weighted by atomic mass is 16.5. The Balaban J connectivity index is 1.81. The summed E-state index contributed by atoms with van der Waals surface area (Å²) >= 11 is 0. The zero-order valence-corrected chi connectivity index (χ0v) is 12.4. The van der Waals surface area contributed by atoms with Crippen molar-refractivity contribution in [1.82, 2.24) is 10.3 Å². The molecule has 1 aromatic carbocycles. The van der Waals surface area contributed by atoms with Crippen molar-refractivity contribution in [3.05, 3.63) is 59.9 Å². The van der Waals surface area contributed by atoms with Crippen LogP contribution in [0.3, 0.4) is 0 Å². The van der Waals surface area contributed by atoms with E-state index in [4.69, 9.17) is 4.74 Å². The van der Waals surface area contributed by atoms with E-state index in [1.165, 1.54) is 0 Å². The molecule has 0 aliphatic carbocycles. The Labute approximate surface area is 125 Å². The van der Waals surface area contributed by atoms with Crippen molar-refractivity contribution < 1.29 is 9.53 Å². The molecule has 110 valence electrons. The van der Waals surface area contributed by atoms with Crippen LogP contribution in [0.1, 0.15) is 30.5 Å². The molecule has 0 spiro atoms. The van der Waals surface area contributed by atoms with E-state index in [1.54, 1.807) is 19.5 Å². The van der Waals surface area contributed by atoms with Crippen LogP contribution in [0.15, 0.2) is 48.8 Å². The Kier molecular flexibility index (Phi) is 5.32. The standard InChI is InChI=1S/C17H20N2O2/c1-13(15-9-11-18-12-10-15)19-17(20)8-5-14-3-6-16(21-2)7-4-14/h3-4,6-7,9-13H,5,8H2,1-2H3,(H,19,20)/t13-/m0/s1. The van der Waals surface area contributed by atoms with Gasteiger partial charge < -0.3 is 10.1 Å². The Bertz CT molecular complexity index is 567. The van der Waals surface area contributed by atoms with Crippen molar-refractivity contribution in [2.75, 3.05) is 7.11 Å². The van der Waals surface area contributed by atoms with E-state index >= 15 is 0 Å². The Morgan fingerprint density at radius 2 is 1.86 bits per heavy atom. The zero-order valence-electron chi connectivity index (χ0n) is 12.4. The smallest absolute Gasteiger partial charge is 0.220 e. The highest BCUT2D eigenvalue weighted by molar-refractivity contribution is 5.76. The van der Waals surface area contributed by atoms with Crippen molar-refractivity contribution in [1.29, 1.82) is 0 Å². The molecule has 0 fully saturated rings. The Morgan fingerprint density at radius 1 is 1.19 bits per heavy atom. The van der Waals surface area contributed by atoms with Crippen molar-refractivity contribution >= 4 is 5.91 Å². The molecule has 1 N–H and O–H groups in total. The molecule has 1 aromatic heterocycles. The molecule has 0 unspecified atom stereocenters. The van der Waals surface area contributed by atoms with Gasteiger partial charge in [0, 0.05) is 18.8 Å². The lowest BCUT2D eigenvalue weighted by Crippen LogP contribution is -2.26. The van der Waals surface area contributed by atoms with Crippen LogP contribution in [0.5, 0.6) is 5.75 Å². The lowest BCUT2D eigenvalue weighted by atomic mass is 10.1. The number of aromatic nitrogens is 1. The number of benzene rings is 1. The maximum atomic E-state index is 12.0. The predicted octanol–water partition coefficient (Wildman–Crippen LogP) is 2.90. The first-order valence-electron chi connectivity index (χ1n) is 7.01. The molecule has 0 saturated carbocycles. The first-order chi connectivity index (χ1) is 10.2. The molecule has 1 amide bonds. The minimum absolute atomic E-state index is 0.00336. The van der Waals surface area contributed by atoms with Crippen LogP contribution < -0.4 is 10.1 Å². The van der Waals surface area contributed by atoms with Gasteiger partial charge in [-0.25, -0.2) is 0 Å². The summed E-state index contributed by atoms with van der Waals surface area (Å²) in [6.07, 6.45) is 4.66. The van der Waals surface area contributed by atoms with Crippen molar-refractivity contribution in [2.24, 2.45) is 0 Å². The summed E-state index contributed by atoms with van der Waals surface area (Å²) in [4.78, 5) is 15.9. The summed E-state index contributed by atoms with van der Waals surface area (Å²) in [6, 6.07) is 11.6. The van der Waals surface area contributed by atoms with Crippen LogP contribution in [-0.2, 0) is 11.2 Å². The number of nitrogens with zero attached hydrogens (tertiary/aromatic N) is 1. The number of methoxy groups -OCH3 is 1. The van der Waals surface area contributed by atoms with Crippen LogP contribution >= 0.6 is 0 Å². The number of ether oxygens (including phenoxy) is 1. The second kappa shape index (κ2) is 7.43. The minimum atomic E-state index is -0.00336. The highest BCUT2D eigenvalue weighted by Crippen LogP contribution is 2.13. The summed E-state index contributed by atoms with van der Waals surface area (Å²) in [6.45, 7) is 1.97. The van der Waals surface area contributed by atoms with Gasteiger partial charge in [0.25, 0.3) is 0 Å². The molecular formula is C17H20N2O2. The van der Waals surface area contributed by atoms with Gasteiger partial charge in [0.05, 0.1) is 13.2 Å². The number of amides is 1. The van der Waals surface area contributed by atoms with Gasteiger partial charge in [0.1, 0.15) is 5.75 Å². The van der Waals surface area contributed by atoms with Gasteiger partial charge in [-0.15, -0.1) is 0 Å². The number of nitrogens with one attached hydrogen (secondary N) is 1. The van der Waals surface area contributed by atoms with Gasteiger partial charge in [-0.3, -0.25) is 9.78 Å². The summed E-state index contributed by atoms with van der Waals surface area (Å²) in [5.74, 6) is 0.879. The third kappa shape index (κ3) is 4.60. The molecule has 4 heteroatoms. The molecule has 1 heterocycles. The molecule has 0 aliphatic rings. The molecule has 0 bridgehead atoms. The fourth-order valence-corrected chi connectivity index (χ4v) is 2.10. The number of hydrogen-bond acceptors (Lipinski definition) is 3. The maximum absolute atomic E-state index is 12.0. The average Bonchev–Trinajstić information content (AvgIpc) is 2.54. The van der Waals surface area contributed by atoms with Gasteiger partial charge in [-0.1, -0.05) is 12.1 Å².